The molecule has 0 unspecified atom stereocenters. The Labute approximate surface area is 167 Å². The van der Waals surface area contributed by atoms with Crippen molar-refractivity contribution in [2.24, 2.45) is 0 Å². The fourth-order valence-corrected chi connectivity index (χ4v) is 3.03. The first kappa shape index (κ1) is 18.5. The smallest absolute Gasteiger partial charge is 0.343 e. The van der Waals surface area contributed by atoms with Crippen LogP contribution in [0.1, 0.15) is 28.5 Å². The molecule has 0 amide bonds. The van der Waals surface area contributed by atoms with E-state index < -0.39 is 5.97 Å². The number of pyridine rings is 1. The molecule has 0 aliphatic rings. The first-order valence-corrected chi connectivity index (χ1v) is 9.26. The van der Waals surface area contributed by atoms with Crippen LogP contribution in [-0.2, 0) is 4.74 Å². The highest BCUT2D eigenvalue weighted by molar-refractivity contribution is 5.95. The maximum Gasteiger partial charge on any atom is 0.343 e. The molecule has 3 heterocycles. The van der Waals surface area contributed by atoms with Crippen LogP contribution in [0.4, 0.5) is 11.6 Å². The van der Waals surface area contributed by atoms with Gasteiger partial charge in [-0.2, -0.15) is 14.9 Å². The largest absolute Gasteiger partial charge is 0.462 e. The predicted molar refractivity (Wildman–Crippen MR) is 110 cm³/mol. The second kappa shape index (κ2) is 7.67. The van der Waals surface area contributed by atoms with Gasteiger partial charge in [0.05, 0.1) is 24.0 Å². The van der Waals surface area contributed by atoms with Crippen LogP contribution in [-0.4, -0.2) is 37.5 Å². The van der Waals surface area contributed by atoms with E-state index in [1.54, 1.807) is 17.7 Å². The maximum absolute atomic E-state index is 12.5. The first-order valence-electron chi connectivity index (χ1n) is 9.26. The Morgan fingerprint density at radius 2 is 1.97 bits per heavy atom. The summed E-state index contributed by atoms with van der Waals surface area (Å²) in [5.41, 5.74) is 2.99. The molecule has 146 valence electrons. The molecule has 0 bridgehead atoms. The highest BCUT2D eigenvalue weighted by atomic mass is 16.5. The van der Waals surface area contributed by atoms with E-state index in [9.17, 15) is 4.79 Å². The molecular formula is C21H20N6O2. The minimum Gasteiger partial charge on any atom is -0.462 e. The molecule has 0 radical (unpaired) electrons. The zero-order chi connectivity index (χ0) is 20.4. The Morgan fingerprint density at radius 3 is 2.72 bits per heavy atom. The summed E-state index contributed by atoms with van der Waals surface area (Å²) in [5.74, 6) is 1.02. The summed E-state index contributed by atoms with van der Waals surface area (Å²) >= 11 is 0. The molecule has 1 aromatic carbocycles. The Balaban J connectivity index is 1.84. The fourth-order valence-electron chi connectivity index (χ4n) is 3.03. The normalized spacial score (nSPS) is 10.9. The molecule has 29 heavy (non-hydrogen) atoms. The number of hydrogen-bond donors (Lipinski definition) is 1. The number of rotatable bonds is 5. The Bertz CT molecular complexity index is 1180. The van der Waals surface area contributed by atoms with E-state index in [0.717, 1.165) is 22.2 Å². The van der Waals surface area contributed by atoms with Crippen LogP contribution in [0.3, 0.4) is 0 Å². The SMILES string of the molecule is CCOC(=O)c1cnn(-c2cc(C)c3ccccc3n2)c1Nc1ccc(C)nn1. The monoisotopic (exact) mass is 388 g/mol. The molecule has 0 saturated carbocycles. The molecule has 8 nitrogen and oxygen atoms in total. The van der Waals surface area contributed by atoms with Crippen molar-refractivity contribution in [2.45, 2.75) is 20.8 Å². The number of aryl methyl sites for hydroxylation is 2. The summed E-state index contributed by atoms with van der Waals surface area (Å²) in [7, 11) is 0. The van der Waals surface area contributed by atoms with Crippen molar-refractivity contribution in [3.05, 3.63) is 65.5 Å². The van der Waals surface area contributed by atoms with Crippen molar-refractivity contribution in [3.63, 3.8) is 0 Å². The molecule has 0 saturated heterocycles. The van der Waals surface area contributed by atoms with E-state index in [-0.39, 0.29) is 6.61 Å². The van der Waals surface area contributed by atoms with Gasteiger partial charge in [0.2, 0.25) is 0 Å². The van der Waals surface area contributed by atoms with Gasteiger partial charge >= 0.3 is 5.97 Å². The molecule has 0 aliphatic heterocycles. The fraction of sp³-hybridized carbons (Fsp3) is 0.190. The van der Waals surface area contributed by atoms with Crippen LogP contribution in [0.15, 0.2) is 48.7 Å². The number of carbonyl (C=O) groups is 1. The minimum atomic E-state index is -0.473. The highest BCUT2D eigenvalue weighted by Gasteiger charge is 2.21. The standard InChI is InChI=1S/C21H20N6O2/c1-4-29-21(28)16-12-22-27(20(16)24-18-10-9-14(3)25-26-18)19-11-13(2)15-7-5-6-8-17(15)23-19/h5-12H,4H2,1-3H3,(H,24,26). The number of benzene rings is 1. The van der Waals surface area contributed by atoms with Gasteiger partial charge in [0, 0.05) is 5.39 Å². The number of ether oxygens (including phenoxy) is 1. The van der Waals surface area contributed by atoms with Gasteiger partial charge in [0.15, 0.2) is 17.5 Å². The van der Waals surface area contributed by atoms with Gasteiger partial charge in [0.25, 0.3) is 0 Å². The average molecular weight is 388 g/mol. The third kappa shape index (κ3) is 3.64. The lowest BCUT2D eigenvalue weighted by molar-refractivity contribution is 0.0527. The zero-order valence-corrected chi connectivity index (χ0v) is 16.4. The lowest BCUT2D eigenvalue weighted by Crippen LogP contribution is -2.11. The number of anilines is 2. The topological polar surface area (TPSA) is 94.8 Å². The van der Waals surface area contributed by atoms with Crippen molar-refractivity contribution in [2.75, 3.05) is 11.9 Å². The predicted octanol–water partition coefficient (Wildman–Crippen LogP) is 3.75. The summed E-state index contributed by atoms with van der Waals surface area (Å²) in [4.78, 5) is 17.2. The van der Waals surface area contributed by atoms with E-state index in [1.165, 1.54) is 6.20 Å². The van der Waals surface area contributed by atoms with Gasteiger partial charge in [-0.15, -0.1) is 5.10 Å². The van der Waals surface area contributed by atoms with Gasteiger partial charge in [-0.1, -0.05) is 18.2 Å². The van der Waals surface area contributed by atoms with E-state index >= 15 is 0 Å². The molecule has 0 spiro atoms. The van der Waals surface area contributed by atoms with E-state index in [4.69, 9.17) is 9.72 Å². The van der Waals surface area contributed by atoms with Gasteiger partial charge < -0.3 is 10.1 Å². The molecule has 1 N–H and O–H groups in total. The molecule has 0 aliphatic carbocycles. The minimum absolute atomic E-state index is 0.265. The number of esters is 1. The van der Waals surface area contributed by atoms with Crippen molar-refractivity contribution in [1.29, 1.82) is 0 Å². The summed E-state index contributed by atoms with van der Waals surface area (Å²) in [6.45, 7) is 5.89. The lowest BCUT2D eigenvalue weighted by Gasteiger charge is -2.12. The number of aromatic nitrogens is 5. The van der Waals surface area contributed by atoms with Crippen LogP contribution in [0, 0.1) is 13.8 Å². The van der Waals surface area contributed by atoms with Gasteiger partial charge in [-0.25, -0.2) is 9.78 Å². The number of nitrogens with zero attached hydrogens (tertiary/aromatic N) is 5. The third-order valence-electron chi connectivity index (χ3n) is 4.44. The zero-order valence-electron chi connectivity index (χ0n) is 16.4. The second-order valence-electron chi connectivity index (χ2n) is 6.54. The van der Waals surface area contributed by atoms with Crippen LogP contribution in [0.25, 0.3) is 16.7 Å². The van der Waals surface area contributed by atoms with E-state index in [1.807, 2.05) is 50.2 Å². The molecule has 4 rings (SSSR count). The summed E-state index contributed by atoms with van der Waals surface area (Å²) in [6, 6.07) is 13.4. The molecule has 0 atom stereocenters. The summed E-state index contributed by atoms with van der Waals surface area (Å²) < 4.78 is 6.76. The van der Waals surface area contributed by atoms with E-state index in [2.05, 4.69) is 20.6 Å². The van der Waals surface area contributed by atoms with Crippen molar-refractivity contribution in [1.82, 2.24) is 25.0 Å². The summed E-state index contributed by atoms with van der Waals surface area (Å²) in [6.07, 6.45) is 1.47. The lowest BCUT2D eigenvalue weighted by atomic mass is 10.1. The molecular weight excluding hydrogens is 368 g/mol. The quantitative estimate of drug-likeness (QED) is 0.520. The van der Waals surface area contributed by atoms with Crippen molar-refractivity contribution >= 4 is 28.5 Å². The van der Waals surface area contributed by atoms with Crippen LogP contribution in [0.2, 0.25) is 0 Å². The Kier molecular flexibility index (Phi) is 4.90. The number of hydrogen-bond acceptors (Lipinski definition) is 7. The molecule has 8 heteroatoms. The van der Waals surface area contributed by atoms with Crippen molar-refractivity contribution < 1.29 is 9.53 Å². The Morgan fingerprint density at radius 1 is 1.14 bits per heavy atom. The maximum atomic E-state index is 12.5. The molecule has 4 aromatic rings. The third-order valence-corrected chi connectivity index (χ3v) is 4.44. The first-order chi connectivity index (χ1) is 14.1. The summed E-state index contributed by atoms with van der Waals surface area (Å²) in [5, 5.41) is 16.8. The van der Waals surface area contributed by atoms with Crippen LogP contribution < -0.4 is 5.32 Å². The highest BCUT2D eigenvalue weighted by Crippen LogP contribution is 2.26. The average Bonchev–Trinajstić information content (AvgIpc) is 3.13. The number of nitrogens with one attached hydrogen (secondary N) is 1. The number of carbonyl (C=O) groups excluding carboxylic acids is 1. The number of fused-ring (bicyclic) bond motifs is 1. The van der Waals surface area contributed by atoms with Crippen molar-refractivity contribution in [3.8, 4) is 5.82 Å². The van der Waals surface area contributed by atoms with Gasteiger partial charge in [-0.05, 0) is 50.6 Å². The van der Waals surface area contributed by atoms with Gasteiger partial charge in [-0.3, -0.25) is 0 Å². The van der Waals surface area contributed by atoms with E-state index in [0.29, 0.717) is 23.0 Å². The molecule has 3 aromatic heterocycles. The second-order valence-corrected chi connectivity index (χ2v) is 6.54. The van der Waals surface area contributed by atoms with Crippen LogP contribution >= 0.6 is 0 Å². The molecule has 0 fully saturated rings. The van der Waals surface area contributed by atoms with Crippen LogP contribution in [0.5, 0.6) is 0 Å². The number of para-hydroxylation sites is 1. The van der Waals surface area contributed by atoms with Gasteiger partial charge in [0.1, 0.15) is 5.56 Å². The Hall–Kier alpha value is -3.81.